The maximum absolute atomic E-state index is 11.9. The van der Waals surface area contributed by atoms with Gasteiger partial charge in [-0.2, -0.15) is 0 Å². The number of thiophene rings is 1. The van der Waals surface area contributed by atoms with Gasteiger partial charge >= 0.3 is 0 Å². The summed E-state index contributed by atoms with van der Waals surface area (Å²) < 4.78 is 0. The molecule has 1 amide bonds. The Balaban J connectivity index is 2.66. The second-order valence-corrected chi connectivity index (χ2v) is 4.56. The molecule has 0 aliphatic heterocycles. The molecule has 0 unspecified atom stereocenters. The quantitative estimate of drug-likeness (QED) is 0.804. The van der Waals surface area contributed by atoms with E-state index >= 15 is 0 Å². The minimum Gasteiger partial charge on any atom is -0.384 e. The van der Waals surface area contributed by atoms with Gasteiger partial charge in [0.15, 0.2) is 0 Å². The summed E-state index contributed by atoms with van der Waals surface area (Å²) in [6.45, 7) is 3.95. The van der Waals surface area contributed by atoms with Crippen molar-refractivity contribution in [2.45, 2.75) is 32.7 Å². The molecule has 0 fully saturated rings. The molecule has 1 aromatic heterocycles. The molecule has 2 N–H and O–H groups in total. The van der Waals surface area contributed by atoms with E-state index in [2.05, 4.69) is 31.0 Å². The van der Waals surface area contributed by atoms with E-state index in [1.54, 1.807) is 11.4 Å². The molecule has 1 aromatic rings. The molecule has 1 heterocycles. The van der Waals surface area contributed by atoms with Crippen molar-refractivity contribution < 1.29 is 9.90 Å². The van der Waals surface area contributed by atoms with Gasteiger partial charge in [-0.25, -0.2) is 0 Å². The molecule has 0 atom stereocenters. The van der Waals surface area contributed by atoms with Crippen LogP contribution < -0.4 is 5.32 Å². The molecule has 17 heavy (non-hydrogen) atoms. The first-order chi connectivity index (χ1) is 8.21. The van der Waals surface area contributed by atoms with Gasteiger partial charge in [-0.3, -0.25) is 4.79 Å². The third-order valence-corrected chi connectivity index (χ3v) is 3.32. The van der Waals surface area contributed by atoms with E-state index in [0.29, 0.717) is 5.56 Å². The first-order valence-electron chi connectivity index (χ1n) is 5.70. The van der Waals surface area contributed by atoms with Crippen LogP contribution in [0, 0.1) is 11.8 Å². The van der Waals surface area contributed by atoms with Crippen LogP contribution in [0.2, 0.25) is 0 Å². The number of rotatable bonds is 4. The fourth-order valence-corrected chi connectivity index (χ4v) is 2.16. The lowest BCUT2D eigenvalue weighted by Gasteiger charge is -2.13. The van der Waals surface area contributed by atoms with Crippen molar-refractivity contribution in [2.24, 2.45) is 0 Å². The molecule has 0 aromatic carbocycles. The second kappa shape index (κ2) is 7.10. The van der Waals surface area contributed by atoms with Crippen LogP contribution in [0.3, 0.4) is 0 Å². The van der Waals surface area contributed by atoms with E-state index in [1.807, 2.05) is 0 Å². The predicted octanol–water partition coefficient (Wildman–Crippen LogP) is 2.01. The molecule has 0 saturated heterocycles. The lowest BCUT2D eigenvalue weighted by molar-refractivity contribution is 0.0935. The van der Waals surface area contributed by atoms with Gasteiger partial charge in [-0.05, 0) is 18.9 Å². The van der Waals surface area contributed by atoms with Crippen LogP contribution in [0.15, 0.2) is 11.4 Å². The molecule has 0 aliphatic carbocycles. The van der Waals surface area contributed by atoms with Gasteiger partial charge in [0.05, 0.1) is 10.4 Å². The highest BCUT2D eigenvalue weighted by Gasteiger charge is 2.11. The van der Waals surface area contributed by atoms with Crippen molar-refractivity contribution >= 4 is 17.2 Å². The smallest absolute Gasteiger partial charge is 0.252 e. The number of carbonyl (C=O) groups excluding carboxylic acids is 1. The fourth-order valence-electron chi connectivity index (χ4n) is 1.41. The molecule has 1 rings (SSSR count). The summed E-state index contributed by atoms with van der Waals surface area (Å²) in [7, 11) is 0. The van der Waals surface area contributed by atoms with Crippen molar-refractivity contribution in [1.82, 2.24) is 5.32 Å². The lowest BCUT2D eigenvalue weighted by Crippen LogP contribution is -2.33. The maximum Gasteiger partial charge on any atom is 0.252 e. The number of hydrogen-bond acceptors (Lipinski definition) is 3. The average Bonchev–Trinajstić information content (AvgIpc) is 2.82. The average molecular weight is 251 g/mol. The maximum atomic E-state index is 11.9. The van der Waals surface area contributed by atoms with Gasteiger partial charge < -0.3 is 10.4 Å². The summed E-state index contributed by atoms with van der Waals surface area (Å²) in [6.07, 6.45) is 1.87. The molecule has 4 heteroatoms. The molecule has 0 radical (unpaired) electrons. The molecule has 0 spiro atoms. The van der Waals surface area contributed by atoms with Crippen molar-refractivity contribution in [1.29, 1.82) is 0 Å². The SMILES string of the molecule is CCC(CC)NC(=O)c1csc(C#CCO)c1. The Labute approximate surface area is 106 Å². The molecular formula is C13H17NO2S. The minimum absolute atomic E-state index is 0.0491. The van der Waals surface area contributed by atoms with E-state index < -0.39 is 0 Å². The third kappa shape index (κ3) is 4.22. The number of nitrogens with one attached hydrogen (secondary N) is 1. The van der Waals surface area contributed by atoms with Crippen LogP contribution in [0.25, 0.3) is 0 Å². The van der Waals surface area contributed by atoms with Crippen LogP contribution in [0.4, 0.5) is 0 Å². The van der Waals surface area contributed by atoms with Gasteiger partial charge in [0.1, 0.15) is 6.61 Å². The Kier molecular flexibility index (Phi) is 5.75. The largest absolute Gasteiger partial charge is 0.384 e. The summed E-state index contributed by atoms with van der Waals surface area (Å²) in [5, 5.41) is 13.3. The molecular weight excluding hydrogens is 234 g/mol. The predicted molar refractivity (Wildman–Crippen MR) is 70.1 cm³/mol. The lowest BCUT2D eigenvalue weighted by atomic mass is 10.1. The van der Waals surface area contributed by atoms with Crippen LogP contribution >= 0.6 is 11.3 Å². The Morgan fingerprint density at radius 3 is 2.82 bits per heavy atom. The molecule has 0 saturated carbocycles. The third-order valence-electron chi connectivity index (χ3n) is 2.47. The molecule has 0 aliphatic rings. The van der Waals surface area contributed by atoms with Gasteiger partial charge in [-0.1, -0.05) is 25.7 Å². The Hall–Kier alpha value is -1.31. The Morgan fingerprint density at radius 1 is 1.53 bits per heavy atom. The molecule has 3 nitrogen and oxygen atoms in total. The Bertz CT molecular complexity index is 424. The normalized spacial score (nSPS) is 9.88. The summed E-state index contributed by atoms with van der Waals surface area (Å²) in [6, 6.07) is 1.99. The highest BCUT2D eigenvalue weighted by Crippen LogP contribution is 2.13. The van der Waals surface area contributed by atoms with Crippen molar-refractivity contribution in [3.8, 4) is 11.8 Å². The van der Waals surface area contributed by atoms with Crippen LogP contribution in [-0.4, -0.2) is 23.7 Å². The summed E-state index contributed by atoms with van der Waals surface area (Å²) in [4.78, 5) is 12.7. The zero-order chi connectivity index (χ0) is 12.7. The number of aliphatic hydroxyl groups excluding tert-OH is 1. The first kappa shape index (κ1) is 13.8. The zero-order valence-corrected chi connectivity index (χ0v) is 10.9. The van der Waals surface area contributed by atoms with Crippen molar-refractivity contribution in [3.05, 3.63) is 21.9 Å². The zero-order valence-electron chi connectivity index (χ0n) is 10.1. The summed E-state index contributed by atoms with van der Waals surface area (Å²) in [5.74, 6) is 5.30. The number of carbonyl (C=O) groups is 1. The van der Waals surface area contributed by atoms with Crippen molar-refractivity contribution in [2.75, 3.05) is 6.61 Å². The second-order valence-electron chi connectivity index (χ2n) is 3.65. The van der Waals surface area contributed by atoms with Crippen molar-refractivity contribution in [3.63, 3.8) is 0 Å². The van der Waals surface area contributed by atoms with Crippen LogP contribution in [0.1, 0.15) is 41.9 Å². The summed E-state index contributed by atoms with van der Waals surface area (Å²) >= 11 is 1.41. The molecule has 0 bridgehead atoms. The van der Waals surface area contributed by atoms with E-state index in [0.717, 1.165) is 17.7 Å². The van der Waals surface area contributed by atoms with E-state index in [4.69, 9.17) is 5.11 Å². The monoisotopic (exact) mass is 251 g/mol. The van der Waals surface area contributed by atoms with Gasteiger partial charge in [-0.15, -0.1) is 11.3 Å². The standard InChI is InChI=1S/C13H17NO2S/c1-3-11(4-2)14-13(16)10-8-12(17-9-10)6-5-7-15/h8-9,11,15H,3-4,7H2,1-2H3,(H,14,16). The highest BCUT2D eigenvalue weighted by atomic mass is 32.1. The Morgan fingerprint density at radius 2 is 2.24 bits per heavy atom. The first-order valence-corrected chi connectivity index (χ1v) is 6.58. The summed E-state index contributed by atoms with van der Waals surface area (Å²) in [5.41, 5.74) is 0.643. The fraction of sp³-hybridized carbons (Fsp3) is 0.462. The topological polar surface area (TPSA) is 49.3 Å². The minimum atomic E-state index is -0.160. The van der Waals surface area contributed by atoms with E-state index in [9.17, 15) is 4.79 Å². The number of hydrogen-bond donors (Lipinski definition) is 2. The number of aliphatic hydroxyl groups is 1. The molecule has 92 valence electrons. The van der Waals surface area contributed by atoms with Gasteiger partial charge in [0, 0.05) is 11.4 Å². The van der Waals surface area contributed by atoms with Crippen LogP contribution in [-0.2, 0) is 0 Å². The van der Waals surface area contributed by atoms with E-state index in [1.165, 1.54) is 11.3 Å². The van der Waals surface area contributed by atoms with Gasteiger partial charge in [0.25, 0.3) is 5.91 Å². The van der Waals surface area contributed by atoms with E-state index in [-0.39, 0.29) is 18.6 Å². The van der Waals surface area contributed by atoms with Crippen LogP contribution in [0.5, 0.6) is 0 Å². The van der Waals surface area contributed by atoms with Gasteiger partial charge in [0.2, 0.25) is 0 Å². The highest BCUT2D eigenvalue weighted by molar-refractivity contribution is 7.10. The number of amides is 1.